The minimum atomic E-state index is 0.319. The molecule has 0 saturated heterocycles. The number of rotatable bonds is 4. The quantitative estimate of drug-likeness (QED) is 0.470. The predicted octanol–water partition coefficient (Wildman–Crippen LogP) is 3.31. The topological polar surface area (TPSA) is 117 Å². The second kappa shape index (κ2) is 6.80. The largest absolute Gasteiger partial charge is 0.332 e. The summed E-state index contributed by atoms with van der Waals surface area (Å²) in [6.45, 7) is 0. The molecule has 0 N–H and O–H groups in total. The standard InChI is InChI=1S/C19H11N7O2/c1-3-10-20-14(6-1)18-23-16(25-27-18)12-8-5-9-13(22-12)17-24-19(28-26-17)15-7-2-4-11-21-15/h1-11H. The van der Waals surface area contributed by atoms with E-state index in [1.807, 2.05) is 30.3 Å². The van der Waals surface area contributed by atoms with Crippen molar-refractivity contribution in [3.8, 4) is 46.2 Å². The summed E-state index contributed by atoms with van der Waals surface area (Å²) in [7, 11) is 0. The molecule has 134 valence electrons. The Morgan fingerprint density at radius 1 is 0.500 bits per heavy atom. The summed E-state index contributed by atoms with van der Waals surface area (Å²) in [4.78, 5) is 21.6. The van der Waals surface area contributed by atoms with Gasteiger partial charge in [0, 0.05) is 12.4 Å². The molecule has 0 bridgehead atoms. The molecule has 9 nitrogen and oxygen atoms in total. The van der Waals surface area contributed by atoms with Gasteiger partial charge in [0.05, 0.1) is 0 Å². The predicted molar refractivity (Wildman–Crippen MR) is 97.3 cm³/mol. The van der Waals surface area contributed by atoms with Gasteiger partial charge in [0.25, 0.3) is 11.8 Å². The maximum atomic E-state index is 5.29. The van der Waals surface area contributed by atoms with E-state index in [1.165, 1.54) is 0 Å². The van der Waals surface area contributed by atoms with Crippen LogP contribution in [0, 0.1) is 0 Å². The van der Waals surface area contributed by atoms with Gasteiger partial charge < -0.3 is 9.05 Å². The molecular formula is C19H11N7O2. The van der Waals surface area contributed by atoms with E-state index in [0.717, 1.165) is 0 Å². The zero-order valence-corrected chi connectivity index (χ0v) is 14.3. The number of nitrogens with zero attached hydrogens (tertiary/aromatic N) is 7. The fourth-order valence-corrected chi connectivity index (χ4v) is 2.53. The number of hydrogen-bond donors (Lipinski definition) is 0. The van der Waals surface area contributed by atoms with Crippen molar-refractivity contribution in [1.82, 2.24) is 35.2 Å². The Hall–Kier alpha value is -4.27. The molecule has 0 aliphatic rings. The minimum absolute atomic E-state index is 0.319. The molecule has 0 radical (unpaired) electrons. The summed E-state index contributed by atoms with van der Waals surface area (Å²) in [5.74, 6) is 1.33. The molecule has 5 aromatic heterocycles. The van der Waals surface area contributed by atoms with E-state index < -0.39 is 0 Å². The lowest BCUT2D eigenvalue weighted by Gasteiger charge is -1.96. The van der Waals surface area contributed by atoms with Gasteiger partial charge in [-0.05, 0) is 36.4 Å². The molecular weight excluding hydrogens is 358 g/mol. The van der Waals surface area contributed by atoms with E-state index in [2.05, 4.69) is 35.2 Å². The first kappa shape index (κ1) is 15.9. The third kappa shape index (κ3) is 3.01. The number of pyridine rings is 3. The Morgan fingerprint density at radius 2 is 1.00 bits per heavy atom. The highest BCUT2D eigenvalue weighted by Crippen LogP contribution is 2.23. The summed E-state index contributed by atoms with van der Waals surface area (Å²) in [6, 6.07) is 16.3. The Labute approximate surface area is 158 Å². The van der Waals surface area contributed by atoms with Crippen LogP contribution in [0.3, 0.4) is 0 Å². The smallest absolute Gasteiger partial charge is 0.276 e. The highest BCUT2D eigenvalue weighted by Gasteiger charge is 2.16. The summed E-state index contributed by atoms with van der Waals surface area (Å²) in [5.41, 5.74) is 2.23. The molecule has 0 atom stereocenters. The Balaban J connectivity index is 1.46. The molecule has 0 aromatic carbocycles. The van der Waals surface area contributed by atoms with Gasteiger partial charge in [-0.25, -0.2) is 4.98 Å². The lowest BCUT2D eigenvalue weighted by Crippen LogP contribution is -1.91. The van der Waals surface area contributed by atoms with Crippen molar-refractivity contribution in [1.29, 1.82) is 0 Å². The molecule has 0 fully saturated rings. The van der Waals surface area contributed by atoms with Gasteiger partial charge in [-0.3, -0.25) is 9.97 Å². The van der Waals surface area contributed by atoms with Gasteiger partial charge in [0.15, 0.2) is 0 Å². The molecule has 5 rings (SSSR count). The average Bonchev–Trinajstić information content (AvgIpc) is 3.46. The lowest BCUT2D eigenvalue weighted by atomic mass is 10.3. The monoisotopic (exact) mass is 369 g/mol. The normalized spacial score (nSPS) is 10.9. The van der Waals surface area contributed by atoms with Gasteiger partial charge in [-0.15, -0.1) is 0 Å². The molecule has 0 unspecified atom stereocenters. The molecule has 0 aliphatic carbocycles. The van der Waals surface area contributed by atoms with Crippen molar-refractivity contribution in [2.45, 2.75) is 0 Å². The summed E-state index contributed by atoms with van der Waals surface area (Å²) in [5, 5.41) is 7.98. The third-order valence-electron chi connectivity index (χ3n) is 3.83. The first-order valence-electron chi connectivity index (χ1n) is 8.35. The molecule has 5 heterocycles. The van der Waals surface area contributed by atoms with Crippen LogP contribution in [0.25, 0.3) is 46.2 Å². The Bertz CT molecular complexity index is 1130. The summed E-state index contributed by atoms with van der Waals surface area (Å²) >= 11 is 0. The molecule has 5 aromatic rings. The van der Waals surface area contributed by atoms with E-state index in [4.69, 9.17) is 9.05 Å². The fraction of sp³-hybridized carbons (Fsp3) is 0. The van der Waals surface area contributed by atoms with Crippen LogP contribution in [0.5, 0.6) is 0 Å². The van der Waals surface area contributed by atoms with Crippen LogP contribution in [0.2, 0.25) is 0 Å². The van der Waals surface area contributed by atoms with Gasteiger partial charge in [-0.1, -0.05) is 28.5 Å². The highest BCUT2D eigenvalue weighted by atomic mass is 16.5. The molecule has 0 spiro atoms. The lowest BCUT2D eigenvalue weighted by molar-refractivity contribution is 0.430. The van der Waals surface area contributed by atoms with Gasteiger partial charge in [0.2, 0.25) is 11.6 Å². The zero-order valence-electron chi connectivity index (χ0n) is 14.3. The first-order valence-corrected chi connectivity index (χ1v) is 8.35. The third-order valence-corrected chi connectivity index (χ3v) is 3.83. The second-order valence-corrected chi connectivity index (χ2v) is 5.68. The van der Waals surface area contributed by atoms with Crippen molar-refractivity contribution < 1.29 is 9.05 Å². The van der Waals surface area contributed by atoms with E-state index in [9.17, 15) is 0 Å². The Kier molecular flexibility index (Phi) is 3.87. The van der Waals surface area contributed by atoms with Crippen molar-refractivity contribution in [3.05, 3.63) is 67.0 Å². The number of hydrogen-bond acceptors (Lipinski definition) is 9. The van der Waals surface area contributed by atoms with Crippen LogP contribution < -0.4 is 0 Å². The molecule has 28 heavy (non-hydrogen) atoms. The fourth-order valence-electron chi connectivity index (χ4n) is 2.53. The van der Waals surface area contributed by atoms with Crippen LogP contribution in [0.1, 0.15) is 0 Å². The van der Waals surface area contributed by atoms with Crippen LogP contribution >= 0.6 is 0 Å². The van der Waals surface area contributed by atoms with E-state index in [0.29, 0.717) is 46.2 Å². The first-order chi connectivity index (χ1) is 13.9. The van der Waals surface area contributed by atoms with E-state index in [1.54, 1.807) is 36.7 Å². The van der Waals surface area contributed by atoms with Gasteiger partial charge in [-0.2, -0.15) is 9.97 Å². The molecule has 0 aliphatic heterocycles. The van der Waals surface area contributed by atoms with E-state index in [-0.39, 0.29) is 0 Å². The van der Waals surface area contributed by atoms with Gasteiger partial charge in [0.1, 0.15) is 22.8 Å². The Morgan fingerprint density at radius 3 is 1.46 bits per heavy atom. The summed E-state index contributed by atoms with van der Waals surface area (Å²) < 4.78 is 10.6. The molecule has 9 heteroatoms. The maximum Gasteiger partial charge on any atom is 0.276 e. The van der Waals surface area contributed by atoms with Crippen molar-refractivity contribution in [2.24, 2.45) is 0 Å². The molecule has 0 amide bonds. The van der Waals surface area contributed by atoms with Gasteiger partial charge >= 0.3 is 0 Å². The maximum absolute atomic E-state index is 5.29. The highest BCUT2D eigenvalue weighted by molar-refractivity contribution is 5.60. The van der Waals surface area contributed by atoms with Crippen LogP contribution in [-0.4, -0.2) is 35.2 Å². The average molecular weight is 369 g/mol. The van der Waals surface area contributed by atoms with Crippen molar-refractivity contribution in [3.63, 3.8) is 0 Å². The SMILES string of the molecule is c1ccc(-c2nc(-c3cccc(-c4noc(-c5ccccn5)n4)n3)no2)nc1. The van der Waals surface area contributed by atoms with Crippen LogP contribution in [-0.2, 0) is 0 Å². The second-order valence-electron chi connectivity index (χ2n) is 5.68. The van der Waals surface area contributed by atoms with E-state index >= 15 is 0 Å². The van der Waals surface area contributed by atoms with Crippen molar-refractivity contribution >= 4 is 0 Å². The van der Waals surface area contributed by atoms with Crippen LogP contribution in [0.15, 0.2) is 76.0 Å². The zero-order chi connectivity index (χ0) is 18.8. The number of aromatic nitrogens is 7. The molecule has 0 saturated carbocycles. The van der Waals surface area contributed by atoms with Crippen molar-refractivity contribution in [2.75, 3.05) is 0 Å². The van der Waals surface area contributed by atoms with Crippen LogP contribution in [0.4, 0.5) is 0 Å². The minimum Gasteiger partial charge on any atom is -0.332 e. The summed E-state index contributed by atoms with van der Waals surface area (Å²) in [6.07, 6.45) is 3.32.